The van der Waals surface area contributed by atoms with Crippen LogP contribution < -0.4 is 15.4 Å². The predicted octanol–water partition coefficient (Wildman–Crippen LogP) is 3.38. The smallest absolute Gasteiger partial charge is 0.319 e. The number of likely N-dealkylation sites (N-methyl/N-ethyl adjacent to an activating group) is 1. The number of nitrogens with one attached hydrogen (secondary N) is 2. The number of hydrogen-bond donors (Lipinski definition) is 2. The highest BCUT2D eigenvalue weighted by Crippen LogP contribution is 2.19. The van der Waals surface area contributed by atoms with Crippen molar-refractivity contribution in [2.24, 2.45) is 0 Å². The molecule has 2 heterocycles. The third-order valence-corrected chi connectivity index (χ3v) is 6.20. The molecule has 0 atom stereocenters. The maximum Gasteiger partial charge on any atom is 0.319 e. The molecule has 3 amide bonds. The van der Waals surface area contributed by atoms with Gasteiger partial charge in [0.05, 0.1) is 13.5 Å². The van der Waals surface area contributed by atoms with E-state index in [1.807, 2.05) is 62.1 Å². The molecule has 1 saturated heterocycles. The molecule has 0 radical (unpaired) electrons. The standard InChI is InChI=1S/C26H37N5O3/c1-5-31(25(32)18-21-7-6-8-24(17-21)34-4)23-9-12-30(13-10-23)14-11-27-26(33)29-22-15-19(2)28-20(3)16-22/h6-8,15-17,23H,5,9-14,18H2,1-4H3,(H2,27,28,29,33). The average molecular weight is 468 g/mol. The maximum absolute atomic E-state index is 13.0. The number of pyridine rings is 1. The Morgan fingerprint density at radius 1 is 1.15 bits per heavy atom. The van der Waals surface area contributed by atoms with E-state index in [0.29, 0.717) is 19.5 Å². The van der Waals surface area contributed by atoms with Crippen molar-refractivity contribution in [1.82, 2.24) is 20.1 Å². The Bertz CT molecular complexity index is 952. The summed E-state index contributed by atoms with van der Waals surface area (Å²) in [5.74, 6) is 0.934. The molecule has 1 aliphatic rings. The van der Waals surface area contributed by atoms with Gasteiger partial charge in [-0.05, 0) is 63.4 Å². The summed E-state index contributed by atoms with van der Waals surface area (Å²) < 4.78 is 5.27. The SMILES string of the molecule is CCN(C(=O)Cc1cccc(OC)c1)C1CCN(CCNC(=O)Nc2cc(C)nc(C)c2)CC1. The Hall–Kier alpha value is -3.13. The molecule has 1 aromatic heterocycles. The minimum Gasteiger partial charge on any atom is -0.497 e. The molecule has 1 aromatic carbocycles. The molecule has 8 heteroatoms. The summed E-state index contributed by atoms with van der Waals surface area (Å²) in [7, 11) is 1.64. The molecule has 0 aliphatic carbocycles. The number of carbonyl (C=O) groups excluding carboxylic acids is 2. The van der Waals surface area contributed by atoms with Gasteiger partial charge in [0.2, 0.25) is 5.91 Å². The van der Waals surface area contributed by atoms with Gasteiger partial charge in [-0.3, -0.25) is 9.78 Å². The number of aromatic nitrogens is 1. The number of methoxy groups -OCH3 is 1. The number of rotatable bonds is 9. The highest BCUT2D eigenvalue weighted by Gasteiger charge is 2.26. The van der Waals surface area contributed by atoms with E-state index < -0.39 is 0 Å². The number of urea groups is 1. The summed E-state index contributed by atoms with van der Waals surface area (Å²) in [6.07, 6.45) is 2.28. The molecule has 0 bridgehead atoms. The lowest BCUT2D eigenvalue weighted by Gasteiger charge is -2.38. The van der Waals surface area contributed by atoms with Crippen LogP contribution in [0, 0.1) is 13.8 Å². The fraction of sp³-hybridized carbons (Fsp3) is 0.500. The van der Waals surface area contributed by atoms with Crippen LogP contribution in [0.4, 0.5) is 10.5 Å². The first-order chi connectivity index (χ1) is 16.4. The molecule has 3 rings (SSSR count). The second kappa shape index (κ2) is 12.4. The summed E-state index contributed by atoms with van der Waals surface area (Å²) in [6.45, 7) is 9.77. The van der Waals surface area contributed by atoms with E-state index in [9.17, 15) is 9.59 Å². The lowest BCUT2D eigenvalue weighted by Crippen LogP contribution is -2.49. The van der Waals surface area contributed by atoms with Crippen molar-refractivity contribution in [2.75, 3.05) is 45.2 Å². The maximum atomic E-state index is 13.0. The van der Waals surface area contributed by atoms with Crippen molar-refractivity contribution in [3.8, 4) is 5.75 Å². The molecule has 0 unspecified atom stereocenters. The van der Waals surface area contributed by atoms with Gasteiger partial charge in [-0.15, -0.1) is 0 Å². The topological polar surface area (TPSA) is 86.8 Å². The van der Waals surface area contributed by atoms with Gasteiger partial charge in [0.25, 0.3) is 0 Å². The summed E-state index contributed by atoms with van der Waals surface area (Å²) in [4.78, 5) is 33.9. The zero-order valence-corrected chi connectivity index (χ0v) is 20.8. The molecule has 2 N–H and O–H groups in total. The van der Waals surface area contributed by atoms with Crippen LogP contribution >= 0.6 is 0 Å². The summed E-state index contributed by atoms with van der Waals surface area (Å²) in [6, 6.07) is 11.5. The summed E-state index contributed by atoms with van der Waals surface area (Å²) in [5.41, 5.74) is 3.48. The van der Waals surface area contributed by atoms with E-state index in [-0.39, 0.29) is 18.0 Å². The Labute approximate surface area is 202 Å². The van der Waals surface area contributed by atoms with Crippen molar-refractivity contribution in [3.05, 3.63) is 53.3 Å². The number of hydrogen-bond acceptors (Lipinski definition) is 5. The van der Waals surface area contributed by atoms with Gasteiger partial charge in [0.15, 0.2) is 0 Å². The van der Waals surface area contributed by atoms with Crippen molar-refractivity contribution >= 4 is 17.6 Å². The number of nitrogens with zero attached hydrogens (tertiary/aromatic N) is 3. The molecular formula is C26H37N5O3. The van der Waals surface area contributed by atoms with Crippen molar-refractivity contribution in [3.63, 3.8) is 0 Å². The van der Waals surface area contributed by atoms with Gasteiger partial charge >= 0.3 is 6.03 Å². The first-order valence-electron chi connectivity index (χ1n) is 12.0. The molecule has 2 aromatic rings. The second-order valence-electron chi connectivity index (χ2n) is 8.80. The molecule has 1 fully saturated rings. The molecule has 34 heavy (non-hydrogen) atoms. The highest BCUT2D eigenvalue weighted by atomic mass is 16.5. The predicted molar refractivity (Wildman–Crippen MR) is 134 cm³/mol. The molecule has 1 aliphatic heterocycles. The van der Waals surface area contributed by atoms with Crippen molar-refractivity contribution < 1.29 is 14.3 Å². The van der Waals surface area contributed by atoms with Gasteiger partial charge in [-0.2, -0.15) is 0 Å². The van der Waals surface area contributed by atoms with E-state index in [4.69, 9.17) is 4.74 Å². The lowest BCUT2D eigenvalue weighted by molar-refractivity contribution is -0.133. The zero-order chi connectivity index (χ0) is 24.5. The third-order valence-electron chi connectivity index (χ3n) is 6.20. The minimum atomic E-state index is -0.208. The van der Waals surface area contributed by atoms with Gasteiger partial charge in [-0.1, -0.05) is 12.1 Å². The Morgan fingerprint density at radius 2 is 1.85 bits per heavy atom. The van der Waals surface area contributed by atoms with E-state index in [1.54, 1.807) is 7.11 Å². The van der Waals surface area contributed by atoms with Gasteiger partial charge < -0.3 is 25.2 Å². The fourth-order valence-corrected chi connectivity index (χ4v) is 4.56. The number of aryl methyl sites for hydroxylation is 2. The fourth-order valence-electron chi connectivity index (χ4n) is 4.56. The number of benzene rings is 1. The monoisotopic (exact) mass is 467 g/mol. The zero-order valence-electron chi connectivity index (χ0n) is 20.8. The summed E-state index contributed by atoms with van der Waals surface area (Å²) >= 11 is 0. The lowest BCUT2D eigenvalue weighted by atomic mass is 10.0. The van der Waals surface area contributed by atoms with Crippen LogP contribution in [-0.2, 0) is 11.2 Å². The molecule has 0 saturated carbocycles. The Balaban J connectivity index is 1.40. The van der Waals surface area contributed by atoms with Crippen LogP contribution in [0.2, 0.25) is 0 Å². The number of anilines is 1. The van der Waals surface area contributed by atoms with Crippen LogP contribution in [0.5, 0.6) is 5.75 Å². The van der Waals surface area contributed by atoms with Crippen LogP contribution in [-0.4, -0.2) is 72.6 Å². The van der Waals surface area contributed by atoms with Gasteiger partial charge in [0, 0.05) is 55.8 Å². The van der Waals surface area contributed by atoms with Crippen LogP contribution in [0.25, 0.3) is 0 Å². The summed E-state index contributed by atoms with van der Waals surface area (Å²) in [5, 5.41) is 5.80. The number of piperidine rings is 1. The number of ether oxygens (including phenoxy) is 1. The molecular weight excluding hydrogens is 430 g/mol. The largest absolute Gasteiger partial charge is 0.497 e. The van der Waals surface area contributed by atoms with Crippen molar-refractivity contribution in [1.29, 1.82) is 0 Å². The van der Waals surface area contributed by atoms with E-state index in [1.165, 1.54) is 0 Å². The van der Waals surface area contributed by atoms with Crippen LogP contribution in [0.15, 0.2) is 36.4 Å². The highest BCUT2D eigenvalue weighted by molar-refractivity contribution is 5.89. The molecule has 0 spiro atoms. The third kappa shape index (κ3) is 7.45. The second-order valence-corrected chi connectivity index (χ2v) is 8.80. The Kier molecular flexibility index (Phi) is 9.27. The van der Waals surface area contributed by atoms with E-state index in [0.717, 1.165) is 60.9 Å². The van der Waals surface area contributed by atoms with Crippen LogP contribution in [0.3, 0.4) is 0 Å². The first kappa shape index (κ1) is 25.5. The number of likely N-dealkylation sites (tertiary alicyclic amines) is 1. The normalized spacial score (nSPS) is 14.5. The van der Waals surface area contributed by atoms with Crippen molar-refractivity contribution in [2.45, 2.75) is 46.1 Å². The van der Waals surface area contributed by atoms with Gasteiger partial charge in [-0.25, -0.2) is 4.79 Å². The Morgan fingerprint density at radius 3 is 2.50 bits per heavy atom. The average Bonchev–Trinajstić information content (AvgIpc) is 2.80. The van der Waals surface area contributed by atoms with Gasteiger partial charge in [0.1, 0.15) is 5.75 Å². The van der Waals surface area contributed by atoms with E-state index in [2.05, 4.69) is 20.5 Å². The quantitative estimate of drug-likeness (QED) is 0.590. The molecule has 8 nitrogen and oxygen atoms in total. The van der Waals surface area contributed by atoms with Crippen LogP contribution in [0.1, 0.15) is 36.7 Å². The first-order valence-corrected chi connectivity index (χ1v) is 12.0. The number of carbonyl (C=O) groups is 2. The number of amides is 3. The van der Waals surface area contributed by atoms with E-state index >= 15 is 0 Å². The minimum absolute atomic E-state index is 0.161. The molecule has 184 valence electrons.